The van der Waals surface area contributed by atoms with Crippen molar-refractivity contribution in [3.8, 4) is 11.5 Å². The minimum Gasteiger partial charge on any atom is -0.506 e. The highest BCUT2D eigenvalue weighted by Crippen LogP contribution is 2.36. The lowest BCUT2D eigenvalue weighted by atomic mass is 10.0. The number of hydrogen-bond acceptors (Lipinski definition) is 4. The molecule has 0 aliphatic rings. The van der Waals surface area contributed by atoms with Crippen LogP contribution in [-0.2, 0) is 6.42 Å². The molecule has 6 nitrogen and oxygen atoms in total. The lowest BCUT2D eigenvalue weighted by Crippen LogP contribution is -2.01. The molecule has 0 heterocycles. The van der Waals surface area contributed by atoms with Gasteiger partial charge in [-0.1, -0.05) is 12.1 Å². The smallest absolute Gasteiger partial charge is 0.339 e. The fraction of sp³-hybridized carbons (Fsp3) is 0.0667. The van der Waals surface area contributed by atoms with Crippen LogP contribution in [0.15, 0.2) is 33.2 Å². The molecule has 0 aromatic heterocycles. The summed E-state index contributed by atoms with van der Waals surface area (Å²) in [4.78, 5) is 21.9. The summed E-state index contributed by atoms with van der Waals surface area (Å²) in [6, 6.07) is 5.61. The van der Waals surface area contributed by atoms with E-state index < -0.39 is 23.4 Å². The lowest BCUT2D eigenvalue weighted by molar-refractivity contribution is 0.0682. The number of halogens is 2. The van der Waals surface area contributed by atoms with Gasteiger partial charge in [0.05, 0.1) is 8.95 Å². The molecule has 0 saturated heterocycles. The summed E-state index contributed by atoms with van der Waals surface area (Å²) in [5.41, 5.74) is 0.693. The van der Waals surface area contributed by atoms with Crippen molar-refractivity contribution in [1.82, 2.24) is 0 Å². The molecule has 0 bridgehead atoms. The third-order valence-corrected chi connectivity index (χ3v) is 5.00. The first-order chi connectivity index (χ1) is 10.7. The third kappa shape index (κ3) is 3.32. The SMILES string of the molecule is O=C(O)c1ccc(Cc2ccc(C(=O)O)c(O)c2Br)c(Br)c1O. The monoisotopic (exact) mass is 444 g/mol. The Morgan fingerprint density at radius 2 is 1.13 bits per heavy atom. The molecule has 23 heavy (non-hydrogen) atoms. The average molecular weight is 446 g/mol. The Morgan fingerprint density at radius 1 is 0.783 bits per heavy atom. The summed E-state index contributed by atoms with van der Waals surface area (Å²) >= 11 is 6.30. The number of carbonyl (C=O) groups is 2. The first-order valence-corrected chi connectivity index (χ1v) is 7.80. The van der Waals surface area contributed by atoms with Gasteiger partial charge in [-0.25, -0.2) is 9.59 Å². The van der Waals surface area contributed by atoms with E-state index in [0.717, 1.165) is 0 Å². The van der Waals surface area contributed by atoms with Gasteiger partial charge in [-0.15, -0.1) is 0 Å². The molecule has 2 rings (SSSR count). The van der Waals surface area contributed by atoms with E-state index in [-0.39, 0.29) is 26.5 Å². The van der Waals surface area contributed by atoms with Crippen molar-refractivity contribution in [2.24, 2.45) is 0 Å². The molecule has 0 unspecified atom stereocenters. The van der Waals surface area contributed by atoms with Gasteiger partial charge in [0, 0.05) is 0 Å². The zero-order chi connectivity index (χ0) is 17.3. The maximum atomic E-state index is 11.0. The van der Waals surface area contributed by atoms with Crippen molar-refractivity contribution < 1.29 is 30.0 Å². The van der Waals surface area contributed by atoms with Gasteiger partial charge in [0.2, 0.25) is 0 Å². The Bertz CT molecular complexity index is 749. The highest BCUT2D eigenvalue weighted by atomic mass is 79.9. The second kappa shape index (κ2) is 6.59. The first-order valence-electron chi connectivity index (χ1n) is 6.21. The number of rotatable bonds is 4. The van der Waals surface area contributed by atoms with E-state index in [2.05, 4.69) is 31.9 Å². The number of phenols is 2. The molecule has 0 aliphatic carbocycles. The maximum absolute atomic E-state index is 11.0. The van der Waals surface area contributed by atoms with E-state index in [1.54, 1.807) is 0 Å². The largest absolute Gasteiger partial charge is 0.506 e. The molecule has 2 aromatic rings. The van der Waals surface area contributed by atoms with Crippen molar-refractivity contribution in [3.05, 3.63) is 55.5 Å². The van der Waals surface area contributed by atoms with Crippen LogP contribution in [0, 0.1) is 0 Å². The molecule has 0 amide bonds. The zero-order valence-electron chi connectivity index (χ0n) is 11.4. The van der Waals surface area contributed by atoms with E-state index in [1.807, 2.05) is 0 Å². The van der Waals surface area contributed by atoms with Gasteiger partial charge in [0.15, 0.2) is 0 Å². The molecular weight excluding hydrogens is 436 g/mol. The first kappa shape index (κ1) is 17.3. The Morgan fingerprint density at radius 3 is 1.43 bits per heavy atom. The number of carboxylic acid groups (broad SMARTS) is 2. The summed E-state index contributed by atoms with van der Waals surface area (Å²) in [5, 5.41) is 37.7. The van der Waals surface area contributed by atoms with Crippen LogP contribution in [0.5, 0.6) is 11.5 Å². The van der Waals surface area contributed by atoms with Crippen molar-refractivity contribution in [3.63, 3.8) is 0 Å². The molecule has 0 atom stereocenters. The van der Waals surface area contributed by atoms with Crippen molar-refractivity contribution in [1.29, 1.82) is 0 Å². The van der Waals surface area contributed by atoms with E-state index in [0.29, 0.717) is 11.1 Å². The Kier molecular flexibility index (Phi) is 4.96. The lowest BCUT2D eigenvalue weighted by Gasteiger charge is -2.12. The minimum atomic E-state index is -1.25. The number of benzene rings is 2. The van der Waals surface area contributed by atoms with E-state index in [9.17, 15) is 19.8 Å². The topological polar surface area (TPSA) is 115 Å². The van der Waals surface area contributed by atoms with E-state index in [4.69, 9.17) is 10.2 Å². The molecule has 0 radical (unpaired) electrons. The molecule has 120 valence electrons. The fourth-order valence-electron chi connectivity index (χ4n) is 2.04. The van der Waals surface area contributed by atoms with Crippen LogP contribution >= 0.6 is 31.9 Å². The summed E-state index contributed by atoms with van der Waals surface area (Å²) in [6.07, 6.45) is 0.238. The molecule has 0 fully saturated rings. The van der Waals surface area contributed by atoms with Gasteiger partial charge in [-0.3, -0.25) is 0 Å². The maximum Gasteiger partial charge on any atom is 0.339 e. The molecule has 2 aromatic carbocycles. The van der Waals surface area contributed by atoms with Crippen molar-refractivity contribution in [2.75, 3.05) is 0 Å². The van der Waals surface area contributed by atoms with Crippen LogP contribution in [0.4, 0.5) is 0 Å². The van der Waals surface area contributed by atoms with Crippen LogP contribution in [0.2, 0.25) is 0 Å². The average Bonchev–Trinajstić information content (AvgIpc) is 2.48. The van der Waals surface area contributed by atoms with Crippen molar-refractivity contribution in [2.45, 2.75) is 6.42 Å². The zero-order valence-corrected chi connectivity index (χ0v) is 14.5. The molecule has 0 spiro atoms. The second-order valence-corrected chi connectivity index (χ2v) is 6.24. The van der Waals surface area contributed by atoms with E-state index >= 15 is 0 Å². The molecule has 0 aliphatic heterocycles. The van der Waals surface area contributed by atoms with Crippen LogP contribution in [0.25, 0.3) is 0 Å². The van der Waals surface area contributed by atoms with Gasteiger partial charge in [-0.2, -0.15) is 0 Å². The third-order valence-electron chi connectivity index (χ3n) is 3.23. The predicted molar refractivity (Wildman–Crippen MR) is 88.3 cm³/mol. The number of carboxylic acids is 2. The van der Waals surface area contributed by atoms with E-state index in [1.165, 1.54) is 24.3 Å². The quantitative estimate of drug-likeness (QED) is 0.571. The van der Waals surface area contributed by atoms with Gasteiger partial charge in [0.25, 0.3) is 0 Å². The summed E-state index contributed by atoms with van der Waals surface area (Å²) in [7, 11) is 0. The molecular formula is C15H10Br2O6. The highest BCUT2D eigenvalue weighted by molar-refractivity contribution is 9.11. The normalized spacial score (nSPS) is 10.5. The van der Waals surface area contributed by atoms with Crippen LogP contribution in [0.1, 0.15) is 31.8 Å². The fourth-order valence-corrected chi connectivity index (χ4v) is 3.01. The van der Waals surface area contributed by atoms with Gasteiger partial charge < -0.3 is 20.4 Å². The summed E-state index contributed by atoms with van der Waals surface area (Å²) in [6.45, 7) is 0. The van der Waals surface area contributed by atoms with Crippen LogP contribution in [-0.4, -0.2) is 32.4 Å². The van der Waals surface area contributed by atoms with Gasteiger partial charge in [0.1, 0.15) is 22.6 Å². The number of hydrogen-bond donors (Lipinski definition) is 4. The predicted octanol–water partition coefficient (Wildman–Crippen LogP) is 3.61. The second-order valence-electron chi connectivity index (χ2n) is 4.66. The minimum absolute atomic E-state index is 0.228. The van der Waals surface area contributed by atoms with Gasteiger partial charge in [-0.05, 0) is 61.5 Å². The Balaban J connectivity index is 2.45. The summed E-state index contributed by atoms with van der Waals surface area (Å²) in [5.74, 6) is -3.28. The molecule has 8 heteroatoms. The van der Waals surface area contributed by atoms with Crippen LogP contribution < -0.4 is 0 Å². The van der Waals surface area contributed by atoms with Crippen LogP contribution in [0.3, 0.4) is 0 Å². The standard InChI is InChI=1S/C15H10Br2O6/c16-10-6(1-3-8(12(10)18)14(20)21)5-7-2-4-9(15(22)23)13(19)11(7)17/h1-4,18-19H,5H2,(H,20,21)(H,22,23). The van der Waals surface area contributed by atoms with Gasteiger partial charge >= 0.3 is 11.9 Å². The number of aromatic carboxylic acids is 2. The number of aromatic hydroxyl groups is 2. The summed E-state index contributed by atoms with van der Waals surface area (Å²) < 4.78 is 0.456. The molecule has 0 saturated carbocycles. The molecule has 4 N–H and O–H groups in total. The highest BCUT2D eigenvalue weighted by Gasteiger charge is 2.19. The Hall–Kier alpha value is -2.06. The Labute approximate surface area is 147 Å². The van der Waals surface area contributed by atoms with Crippen molar-refractivity contribution >= 4 is 43.8 Å².